The zero-order valence-corrected chi connectivity index (χ0v) is 6.69. The standard InChI is InChI=1S/C5H3ClFNO2S/c6-4-1-3(11(9)10)2-8-5(4)7/h1-2H,(H,9,10). The molecule has 1 aromatic heterocycles. The monoisotopic (exact) mass is 195 g/mol. The fourth-order valence-corrected chi connectivity index (χ4v) is 1.09. The first-order chi connectivity index (χ1) is 5.11. The maximum atomic E-state index is 12.3. The van der Waals surface area contributed by atoms with Crippen molar-refractivity contribution in [3.05, 3.63) is 23.2 Å². The Morgan fingerprint density at radius 3 is 2.82 bits per heavy atom. The quantitative estimate of drug-likeness (QED) is 0.545. The van der Waals surface area contributed by atoms with Crippen LogP contribution in [0.1, 0.15) is 0 Å². The van der Waals surface area contributed by atoms with Crippen LogP contribution in [-0.2, 0) is 11.1 Å². The predicted octanol–water partition coefficient (Wildman–Crippen LogP) is 1.45. The molecule has 0 aromatic carbocycles. The molecule has 6 heteroatoms. The molecule has 0 fully saturated rings. The summed E-state index contributed by atoms with van der Waals surface area (Å²) in [4.78, 5) is 3.13. The van der Waals surface area contributed by atoms with Crippen molar-refractivity contribution < 1.29 is 13.2 Å². The summed E-state index contributed by atoms with van der Waals surface area (Å²) in [7, 11) is 0. The van der Waals surface area contributed by atoms with Gasteiger partial charge in [0.2, 0.25) is 5.95 Å². The van der Waals surface area contributed by atoms with E-state index < -0.39 is 17.0 Å². The minimum absolute atomic E-state index is 0.0172. The van der Waals surface area contributed by atoms with Gasteiger partial charge in [-0.1, -0.05) is 11.6 Å². The minimum Gasteiger partial charge on any atom is -0.302 e. The number of hydrogen-bond donors (Lipinski definition) is 1. The van der Waals surface area contributed by atoms with Gasteiger partial charge < -0.3 is 4.55 Å². The van der Waals surface area contributed by atoms with Gasteiger partial charge in [-0.05, 0) is 6.07 Å². The molecular weight excluding hydrogens is 193 g/mol. The predicted molar refractivity (Wildman–Crippen MR) is 38.2 cm³/mol. The van der Waals surface area contributed by atoms with Gasteiger partial charge in [0.25, 0.3) is 0 Å². The van der Waals surface area contributed by atoms with E-state index in [1.807, 2.05) is 0 Å². The number of rotatable bonds is 1. The van der Waals surface area contributed by atoms with E-state index in [1.54, 1.807) is 0 Å². The highest BCUT2D eigenvalue weighted by atomic mass is 35.5. The maximum Gasteiger partial charge on any atom is 0.231 e. The van der Waals surface area contributed by atoms with Gasteiger partial charge in [-0.15, -0.1) is 0 Å². The van der Waals surface area contributed by atoms with Crippen LogP contribution in [0.5, 0.6) is 0 Å². The molecule has 1 heterocycles. The van der Waals surface area contributed by atoms with Crippen molar-refractivity contribution in [3.63, 3.8) is 0 Å². The van der Waals surface area contributed by atoms with Gasteiger partial charge in [-0.3, -0.25) is 0 Å². The molecule has 0 amide bonds. The number of aromatic nitrogens is 1. The molecule has 0 bridgehead atoms. The Hall–Kier alpha value is -0.520. The lowest BCUT2D eigenvalue weighted by atomic mass is 10.5. The molecule has 1 aromatic rings. The Labute approximate surface area is 69.5 Å². The molecule has 0 saturated heterocycles. The minimum atomic E-state index is -2.16. The van der Waals surface area contributed by atoms with Crippen molar-refractivity contribution in [3.8, 4) is 0 Å². The first-order valence-electron chi connectivity index (χ1n) is 2.53. The molecule has 0 aliphatic heterocycles. The lowest BCUT2D eigenvalue weighted by Crippen LogP contribution is -1.92. The van der Waals surface area contributed by atoms with E-state index in [0.717, 1.165) is 12.3 Å². The zero-order valence-electron chi connectivity index (χ0n) is 5.12. The second-order valence-electron chi connectivity index (χ2n) is 1.69. The van der Waals surface area contributed by atoms with Gasteiger partial charge in [0.15, 0.2) is 11.1 Å². The fraction of sp³-hybridized carbons (Fsp3) is 0. The molecule has 0 aliphatic carbocycles. The summed E-state index contributed by atoms with van der Waals surface area (Å²) in [5.41, 5.74) is 0. The third kappa shape index (κ3) is 1.95. The van der Waals surface area contributed by atoms with E-state index in [0.29, 0.717) is 0 Å². The summed E-state index contributed by atoms with van der Waals surface area (Å²) >= 11 is 3.11. The van der Waals surface area contributed by atoms with Crippen molar-refractivity contribution in [2.75, 3.05) is 0 Å². The van der Waals surface area contributed by atoms with Crippen LogP contribution in [0.2, 0.25) is 5.02 Å². The fourth-order valence-electron chi connectivity index (χ4n) is 0.499. The Morgan fingerprint density at radius 2 is 2.36 bits per heavy atom. The highest BCUT2D eigenvalue weighted by Crippen LogP contribution is 2.14. The highest BCUT2D eigenvalue weighted by Gasteiger charge is 2.05. The van der Waals surface area contributed by atoms with Crippen molar-refractivity contribution in [2.45, 2.75) is 4.90 Å². The molecule has 11 heavy (non-hydrogen) atoms. The van der Waals surface area contributed by atoms with Crippen LogP contribution < -0.4 is 0 Å². The van der Waals surface area contributed by atoms with Crippen LogP contribution in [0.4, 0.5) is 4.39 Å². The number of hydrogen-bond acceptors (Lipinski definition) is 2. The van der Waals surface area contributed by atoms with E-state index in [1.165, 1.54) is 0 Å². The summed E-state index contributed by atoms with van der Waals surface area (Å²) in [5, 5.41) is -0.259. The smallest absolute Gasteiger partial charge is 0.231 e. The van der Waals surface area contributed by atoms with Crippen molar-refractivity contribution in [2.24, 2.45) is 0 Å². The van der Waals surface area contributed by atoms with Crippen molar-refractivity contribution in [1.29, 1.82) is 0 Å². The molecular formula is C5H3ClFNO2S. The Bertz CT molecular complexity index is 307. The van der Waals surface area contributed by atoms with Crippen LogP contribution in [0.25, 0.3) is 0 Å². The van der Waals surface area contributed by atoms with E-state index >= 15 is 0 Å². The lowest BCUT2D eigenvalue weighted by Gasteiger charge is -1.94. The molecule has 1 atom stereocenters. The Balaban J connectivity index is 3.15. The molecule has 1 unspecified atom stereocenters. The van der Waals surface area contributed by atoms with Crippen LogP contribution in [0, 0.1) is 5.95 Å². The van der Waals surface area contributed by atoms with Crippen LogP contribution >= 0.6 is 11.6 Å². The van der Waals surface area contributed by atoms with E-state index in [9.17, 15) is 8.60 Å². The third-order valence-corrected chi connectivity index (χ3v) is 1.86. The second-order valence-corrected chi connectivity index (χ2v) is 3.07. The van der Waals surface area contributed by atoms with Gasteiger partial charge in [0, 0.05) is 6.20 Å². The summed E-state index contributed by atoms with van der Waals surface area (Å²) in [5.74, 6) is -0.846. The third-order valence-electron chi connectivity index (χ3n) is 0.973. The second kappa shape index (κ2) is 3.25. The summed E-state index contributed by atoms with van der Waals surface area (Å²) in [6, 6.07) is 1.06. The number of nitrogens with zero attached hydrogens (tertiary/aromatic N) is 1. The Morgan fingerprint density at radius 1 is 1.73 bits per heavy atom. The van der Waals surface area contributed by atoms with E-state index in [4.69, 9.17) is 16.2 Å². The molecule has 1 N–H and O–H groups in total. The molecule has 60 valence electrons. The van der Waals surface area contributed by atoms with Crippen molar-refractivity contribution in [1.82, 2.24) is 4.98 Å². The summed E-state index contributed by atoms with van der Waals surface area (Å²) in [6.07, 6.45) is 0.956. The first-order valence-corrected chi connectivity index (χ1v) is 4.01. The van der Waals surface area contributed by atoms with E-state index in [2.05, 4.69) is 4.98 Å². The largest absolute Gasteiger partial charge is 0.302 e. The van der Waals surface area contributed by atoms with Gasteiger partial charge in [0.1, 0.15) is 0 Å². The van der Waals surface area contributed by atoms with Gasteiger partial charge in [0.05, 0.1) is 9.92 Å². The number of halogens is 2. The SMILES string of the molecule is O=S(O)c1cnc(F)c(Cl)c1. The molecule has 0 saturated carbocycles. The first kappa shape index (κ1) is 8.58. The molecule has 0 aliphatic rings. The highest BCUT2D eigenvalue weighted by molar-refractivity contribution is 7.79. The summed E-state index contributed by atoms with van der Waals surface area (Å²) in [6.45, 7) is 0. The lowest BCUT2D eigenvalue weighted by molar-refractivity contribution is 0.559. The molecule has 0 radical (unpaired) electrons. The average Bonchev–Trinajstić information content (AvgIpc) is 1.94. The summed E-state index contributed by atoms with van der Waals surface area (Å²) < 4.78 is 31.2. The molecule has 3 nitrogen and oxygen atoms in total. The number of pyridine rings is 1. The van der Waals surface area contributed by atoms with Gasteiger partial charge in [-0.25, -0.2) is 9.19 Å². The van der Waals surface area contributed by atoms with Crippen LogP contribution in [-0.4, -0.2) is 13.7 Å². The maximum absolute atomic E-state index is 12.3. The average molecular weight is 196 g/mol. The van der Waals surface area contributed by atoms with Crippen molar-refractivity contribution >= 4 is 22.7 Å². The normalized spacial score (nSPS) is 13.0. The van der Waals surface area contributed by atoms with Crippen LogP contribution in [0.3, 0.4) is 0 Å². The van der Waals surface area contributed by atoms with Crippen LogP contribution in [0.15, 0.2) is 17.2 Å². The molecule has 0 spiro atoms. The van der Waals surface area contributed by atoms with E-state index in [-0.39, 0.29) is 9.92 Å². The molecule has 1 rings (SSSR count). The topological polar surface area (TPSA) is 50.2 Å². The van der Waals surface area contributed by atoms with Gasteiger partial charge in [-0.2, -0.15) is 4.39 Å². The Kier molecular flexibility index (Phi) is 2.53. The zero-order chi connectivity index (χ0) is 8.43. The van der Waals surface area contributed by atoms with Gasteiger partial charge >= 0.3 is 0 Å².